The number of nitrogens with zero attached hydrogens (tertiary/aromatic N) is 2. The van der Waals surface area contributed by atoms with Crippen LogP contribution in [0.1, 0.15) is 18.4 Å². The number of hydrogen-bond acceptors (Lipinski definition) is 6. The van der Waals surface area contributed by atoms with E-state index in [1.807, 2.05) is 0 Å². The molecule has 130 valence electrons. The summed E-state index contributed by atoms with van der Waals surface area (Å²) in [6.45, 7) is 3.99. The standard InChI is InChI=1S/C16H21N3O4S/c1-11-9-13(18-23-11)10-19(3)12(2)16(20)17-14-7-5-6-8-15(14)24(4,21)22/h5-9,12H,10H2,1-4H3,(H,17,20). The van der Waals surface area contributed by atoms with Gasteiger partial charge in [0.1, 0.15) is 5.76 Å². The minimum atomic E-state index is -3.42. The van der Waals surface area contributed by atoms with Gasteiger partial charge in [-0.3, -0.25) is 9.69 Å². The van der Waals surface area contributed by atoms with Crippen molar-refractivity contribution < 1.29 is 17.7 Å². The van der Waals surface area contributed by atoms with Gasteiger partial charge in [-0.15, -0.1) is 0 Å². The highest BCUT2D eigenvalue weighted by molar-refractivity contribution is 7.90. The van der Waals surface area contributed by atoms with Crippen molar-refractivity contribution in [1.82, 2.24) is 10.1 Å². The van der Waals surface area contributed by atoms with E-state index in [0.29, 0.717) is 12.3 Å². The first-order chi connectivity index (χ1) is 11.2. The van der Waals surface area contributed by atoms with E-state index in [1.165, 1.54) is 6.07 Å². The Hall–Kier alpha value is -2.19. The van der Waals surface area contributed by atoms with Crippen molar-refractivity contribution in [3.8, 4) is 0 Å². The zero-order valence-electron chi connectivity index (χ0n) is 14.1. The van der Waals surface area contributed by atoms with Gasteiger partial charge >= 0.3 is 0 Å². The maximum atomic E-state index is 12.4. The van der Waals surface area contributed by atoms with Crippen LogP contribution in [0.4, 0.5) is 5.69 Å². The van der Waals surface area contributed by atoms with Gasteiger partial charge in [-0.2, -0.15) is 0 Å². The summed E-state index contributed by atoms with van der Waals surface area (Å²) in [5.74, 6) is 0.409. The molecule has 1 atom stereocenters. The molecule has 1 heterocycles. The van der Waals surface area contributed by atoms with E-state index in [9.17, 15) is 13.2 Å². The van der Waals surface area contributed by atoms with Crippen LogP contribution in [0.5, 0.6) is 0 Å². The fourth-order valence-corrected chi connectivity index (χ4v) is 3.06. The molecule has 0 saturated heterocycles. The lowest BCUT2D eigenvalue weighted by Crippen LogP contribution is -2.39. The van der Waals surface area contributed by atoms with Crippen LogP contribution in [0.15, 0.2) is 39.8 Å². The molecule has 24 heavy (non-hydrogen) atoms. The molecule has 1 amide bonds. The number of benzene rings is 1. The van der Waals surface area contributed by atoms with E-state index in [-0.39, 0.29) is 16.5 Å². The number of hydrogen-bond donors (Lipinski definition) is 1. The van der Waals surface area contributed by atoms with Gasteiger partial charge in [-0.25, -0.2) is 8.42 Å². The summed E-state index contributed by atoms with van der Waals surface area (Å²) in [4.78, 5) is 14.3. The maximum absolute atomic E-state index is 12.4. The number of para-hydroxylation sites is 1. The van der Waals surface area contributed by atoms with Crippen LogP contribution in [0.2, 0.25) is 0 Å². The third-order valence-corrected chi connectivity index (χ3v) is 4.83. The molecule has 1 aromatic carbocycles. The van der Waals surface area contributed by atoms with Crippen molar-refractivity contribution in [3.05, 3.63) is 41.8 Å². The zero-order valence-corrected chi connectivity index (χ0v) is 14.9. The van der Waals surface area contributed by atoms with E-state index < -0.39 is 15.9 Å². The van der Waals surface area contributed by atoms with Crippen LogP contribution in [0, 0.1) is 6.92 Å². The number of amides is 1. The van der Waals surface area contributed by atoms with Crippen LogP contribution in [0.25, 0.3) is 0 Å². The Labute approximate surface area is 141 Å². The summed E-state index contributed by atoms with van der Waals surface area (Å²) in [7, 11) is -1.63. The lowest BCUT2D eigenvalue weighted by atomic mass is 10.2. The molecule has 0 fully saturated rings. The topological polar surface area (TPSA) is 92.5 Å². The van der Waals surface area contributed by atoms with Crippen molar-refractivity contribution in [2.75, 3.05) is 18.6 Å². The Balaban J connectivity index is 2.09. The Morgan fingerprint density at radius 3 is 2.62 bits per heavy atom. The van der Waals surface area contributed by atoms with Gasteiger partial charge in [0.2, 0.25) is 5.91 Å². The maximum Gasteiger partial charge on any atom is 0.241 e. The first-order valence-corrected chi connectivity index (χ1v) is 9.30. The molecule has 0 aliphatic carbocycles. The average Bonchev–Trinajstić information content (AvgIpc) is 2.90. The molecule has 0 saturated carbocycles. The van der Waals surface area contributed by atoms with Crippen LogP contribution < -0.4 is 5.32 Å². The molecule has 1 N–H and O–H groups in total. The summed E-state index contributed by atoms with van der Waals surface area (Å²) < 4.78 is 28.6. The van der Waals surface area contributed by atoms with E-state index in [1.54, 1.807) is 50.1 Å². The average molecular weight is 351 g/mol. The van der Waals surface area contributed by atoms with E-state index in [0.717, 1.165) is 11.9 Å². The summed E-state index contributed by atoms with van der Waals surface area (Å²) in [6, 6.07) is 7.67. The van der Waals surface area contributed by atoms with E-state index >= 15 is 0 Å². The van der Waals surface area contributed by atoms with E-state index in [2.05, 4.69) is 10.5 Å². The van der Waals surface area contributed by atoms with Crippen molar-refractivity contribution in [3.63, 3.8) is 0 Å². The monoisotopic (exact) mass is 351 g/mol. The SMILES string of the molecule is Cc1cc(CN(C)C(C)C(=O)Nc2ccccc2S(C)(=O)=O)no1. The third kappa shape index (κ3) is 4.42. The molecule has 2 aromatic rings. The number of rotatable bonds is 6. The number of carbonyl (C=O) groups is 1. The van der Waals surface area contributed by atoms with Crippen molar-refractivity contribution in [2.45, 2.75) is 31.3 Å². The predicted molar refractivity (Wildman–Crippen MR) is 90.4 cm³/mol. The minimum Gasteiger partial charge on any atom is -0.361 e. The molecular formula is C16H21N3O4S. The summed E-state index contributed by atoms with van der Waals surface area (Å²) in [5, 5.41) is 6.59. The van der Waals surface area contributed by atoms with Gasteiger partial charge < -0.3 is 9.84 Å². The number of likely N-dealkylation sites (N-methyl/N-ethyl adjacent to an activating group) is 1. The smallest absolute Gasteiger partial charge is 0.241 e. The van der Waals surface area contributed by atoms with Crippen molar-refractivity contribution in [1.29, 1.82) is 0 Å². The lowest BCUT2D eigenvalue weighted by molar-refractivity contribution is -0.120. The van der Waals surface area contributed by atoms with Crippen LogP contribution >= 0.6 is 0 Å². The van der Waals surface area contributed by atoms with Crippen molar-refractivity contribution >= 4 is 21.4 Å². The minimum absolute atomic E-state index is 0.0975. The van der Waals surface area contributed by atoms with Gasteiger partial charge in [0, 0.05) is 18.9 Å². The summed E-state index contributed by atoms with van der Waals surface area (Å²) in [5.41, 5.74) is 1.01. The summed E-state index contributed by atoms with van der Waals surface area (Å²) >= 11 is 0. The summed E-state index contributed by atoms with van der Waals surface area (Å²) in [6.07, 6.45) is 1.11. The van der Waals surface area contributed by atoms with Crippen LogP contribution in [-0.2, 0) is 21.2 Å². The normalized spacial score (nSPS) is 13.0. The number of sulfone groups is 1. The molecule has 0 aliphatic rings. The van der Waals surface area contributed by atoms with Crippen LogP contribution in [-0.4, -0.2) is 43.7 Å². The number of anilines is 1. The second-order valence-electron chi connectivity index (χ2n) is 5.78. The first kappa shape index (κ1) is 18.2. The van der Waals surface area contributed by atoms with Gasteiger partial charge in [0.15, 0.2) is 9.84 Å². The van der Waals surface area contributed by atoms with Gasteiger partial charge in [0.25, 0.3) is 0 Å². The first-order valence-electron chi connectivity index (χ1n) is 7.41. The fourth-order valence-electron chi connectivity index (χ4n) is 2.22. The second kappa shape index (κ2) is 7.14. The molecule has 1 aromatic heterocycles. The van der Waals surface area contributed by atoms with Crippen LogP contribution in [0.3, 0.4) is 0 Å². The number of aromatic nitrogens is 1. The zero-order chi connectivity index (χ0) is 17.9. The number of carbonyl (C=O) groups excluding carboxylic acids is 1. The molecule has 2 rings (SSSR count). The molecule has 0 aliphatic heterocycles. The highest BCUT2D eigenvalue weighted by Gasteiger charge is 2.21. The highest BCUT2D eigenvalue weighted by Crippen LogP contribution is 2.21. The van der Waals surface area contributed by atoms with Gasteiger partial charge in [0.05, 0.1) is 22.3 Å². The predicted octanol–water partition coefficient (Wildman–Crippen LogP) is 1.85. The van der Waals surface area contributed by atoms with E-state index in [4.69, 9.17) is 4.52 Å². The van der Waals surface area contributed by atoms with Gasteiger partial charge in [-0.1, -0.05) is 17.3 Å². The highest BCUT2D eigenvalue weighted by atomic mass is 32.2. The molecule has 1 unspecified atom stereocenters. The Bertz CT molecular complexity index is 829. The molecule has 7 nitrogen and oxygen atoms in total. The molecule has 0 radical (unpaired) electrons. The van der Waals surface area contributed by atoms with Gasteiger partial charge in [-0.05, 0) is 33.0 Å². The largest absolute Gasteiger partial charge is 0.361 e. The number of nitrogens with one attached hydrogen (secondary N) is 1. The molecule has 0 bridgehead atoms. The molecular weight excluding hydrogens is 330 g/mol. The fraction of sp³-hybridized carbons (Fsp3) is 0.375. The lowest BCUT2D eigenvalue weighted by Gasteiger charge is -2.23. The molecule has 8 heteroatoms. The quantitative estimate of drug-likeness (QED) is 0.854. The number of aryl methyl sites for hydroxylation is 1. The second-order valence-corrected chi connectivity index (χ2v) is 7.76. The third-order valence-electron chi connectivity index (χ3n) is 3.67. The molecule has 0 spiro atoms. The Morgan fingerprint density at radius 1 is 1.38 bits per heavy atom. The Morgan fingerprint density at radius 2 is 2.04 bits per heavy atom. The Kier molecular flexibility index (Phi) is 5.40. The van der Waals surface area contributed by atoms with Crippen molar-refractivity contribution in [2.24, 2.45) is 0 Å².